The Morgan fingerprint density at radius 1 is 1.17 bits per heavy atom. The summed E-state index contributed by atoms with van der Waals surface area (Å²) in [6.45, 7) is 4.14. The van der Waals surface area contributed by atoms with Crippen LogP contribution < -0.4 is 11.1 Å². The van der Waals surface area contributed by atoms with Crippen molar-refractivity contribution in [2.45, 2.75) is 19.9 Å². The molecule has 3 heteroatoms. The molecule has 1 unspecified atom stereocenters. The van der Waals surface area contributed by atoms with Gasteiger partial charge in [-0.05, 0) is 43.2 Å². The van der Waals surface area contributed by atoms with Gasteiger partial charge in [-0.2, -0.15) is 0 Å². The fourth-order valence-corrected chi connectivity index (χ4v) is 2.16. The molecule has 3 N–H and O–H groups in total. The maximum atomic E-state index is 6.00. The van der Waals surface area contributed by atoms with Crippen molar-refractivity contribution >= 4 is 23.0 Å². The van der Waals surface area contributed by atoms with E-state index in [1.54, 1.807) is 0 Å². The predicted octanol–water partition coefficient (Wildman–Crippen LogP) is 4.40. The van der Waals surface area contributed by atoms with E-state index in [0.717, 1.165) is 27.5 Å². The molecule has 2 nitrogen and oxygen atoms in total. The quantitative estimate of drug-likeness (QED) is 0.803. The number of nitrogen functional groups attached to an aromatic ring is 1. The van der Waals surface area contributed by atoms with Gasteiger partial charge in [0.05, 0.1) is 11.4 Å². The lowest BCUT2D eigenvalue weighted by atomic mass is 10.1. The lowest BCUT2D eigenvalue weighted by Gasteiger charge is -2.19. The molecule has 0 saturated heterocycles. The molecule has 2 aromatic carbocycles. The van der Waals surface area contributed by atoms with Gasteiger partial charge in [-0.15, -0.1) is 0 Å². The number of halogens is 1. The van der Waals surface area contributed by atoms with Crippen molar-refractivity contribution in [3.8, 4) is 0 Å². The third-order valence-electron chi connectivity index (χ3n) is 3.01. The molecule has 0 saturated carbocycles. The van der Waals surface area contributed by atoms with Gasteiger partial charge in [-0.1, -0.05) is 35.9 Å². The Labute approximate surface area is 113 Å². The summed E-state index contributed by atoms with van der Waals surface area (Å²) in [5, 5.41) is 4.19. The molecular formula is C15H17ClN2. The second kappa shape index (κ2) is 5.32. The number of anilines is 2. The molecule has 2 aromatic rings. The second-order valence-corrected chi connectivity index (χ2v) is 4.90. The number of rotatable bonds is 3. The highest BCUT2D eigenvalue weighted by Crippen LogP contribution is 2.28. The second-order valence-electron chi connectivity index (χ2n) is 4.46. The SMILES string of the molecule is Cc1cccc(N)c1NC(C)c1cccc(Cl)c1. The van der Waals surface area contributed by atoms with Gasteiger partial charge in [0.2, 0.25) is 0 Å². The van der Waals surface area contributed by atoms with Crippen molar-refractivity contribution < 1.29 is 0 Å². The van der Waals surface area contributed by atoms with Gasteiger partial charge >= 0.3 is 0 Å². The number of hydrogen-bond acceptors (Lipinski definition) is 2. The summed E-state index contributed by atoms with van der Waals surface area (Å²) in [5.41, 5.74) is 10.0. The number of hydrogen-bond donors (Lipinski definition) is 2. The smallest absolute Gasteiger partial charge is 0.0608 e. The Hall–Kier alpha value is -1.67. The summed E-state index contributed by atoms with van der Waals surface area (Å²) in [5.74, 6) is 0. The van der Waals surface area contributed by atoms with Crippen LogP contribution in [0, 0.1) is 6.92 Å². The first-order valence-electron chi connectivity index (χ1n) is 5.95. The van der Waals surface area contributed by atoms with Gasteiger partial charge < -0.3 is 11.1 Å². The largest absolute Gasteiger partial charge is 0.397 e. The Morgan fingerprint density at radius 2 is 1.89 bits per heavy atom. The van der Waals surface area contributed by atoms with Crippen LogP contribution in [0.5, 0.6) is 0 Å². The minimum absolute atomic E-state index is 0.159. The first kappa shape index (κ1) is 12.8. The molecule has 0 aliphatic heterocycles. The van der Waals surface area contributed by atoms with E-state index in [2.05, 4.69) is 18.3 Å². The Morgan fingerprint density at radius 3 is 2.56 bits per heavy atom. The molecule has 0 aromatic heterocycles. The molecule has 94 valence electrons. The molecule has 0 aliphatic rings. The minimum atomic E-state index is 0.159. The Balaban J connectivity index is 2.24. The molecule has 2 rings (SSSR count). The van der Waals surface area contributed by atoms with Crippen LogP contribution in [0.15, 0.2) is 42.5 Å². The number of nitrogens with one attached hydrogen (secondary N) is 1. The summed E-state index contributed by atoms with van der Waals surface area (Å²) in [6.07, 6.45) is 0. The van der Waals surface area contributed by atoms with Crippen molar-refractivity contribution in [3.63, 3.8) is 0 Å². The normalized spacial score (nSPS) is 12.2. The van der Waals surface area contributed by atoms with E-state index in [1.807, 2.05) is 43.3 Å². The van der Waals surface area contributed by atoms with Crippen molar-refractivity contribution in [1.29, 1.82) is 0 Å². The highest BCUT2D eigenvalue weighted by molar-refractivity contribution is 6.30. The highest BCUT2D eigenvalue weighted by Gasteiger charge is 2.09. The summed E-state index contributed by atoms with van der Waals surface area (Å²) >= 11 is 6.00. The van der Waals surface area contributed by atoms with E-state index in [1.165, 1.54) is 0 Å². The number of aryl methyl sites for hydroxylation is 1. The zero-order valence-corrected chi connectivity index (χ0v) is 11.3. The standard InChI is InChI=1S/C15H17ClN2/c1-10-5-3-8-14(17)15(10)18-11(2)12-6-4-7-13(16)9-12/h3-9,11,18H,17H2,1-2H3. The molecule has 0 heterocycles. The number of para-hydroxylation sites is 1. The maximum absolute atomic E-state index is 6.00. The fraction of sp³-hybridized carbons (Fsp3) is 0.200. The predicted molar refractivity (Wildman–Crippen MR) is 79.1 cm³/mol. The van der Waals surface area contributed by atoms with Crippen LogP contribution >= 0.6 is 11.6 Å². The summed E-state index contributed by atoms with van der Waals surface area (Å²) in [4.78, 5) is 0. The van der Waals surface area contributed by atoms with E-state index in [-0.39, 0.29) is 6.04 Å². The Kier molecular flexibility index (Phi) is 3.78. The number of nitrogens with two attached hydrogens (primary N) is 1. The minimum Gasteiger partial charge on any atom is -0.397 e. The fourth-order valence-electron chi connectivity index (χ4n) is 1.96. The molecule has 0 bridgehead atoms. The molecule has 0 aliphatic carbocycles. The van der Waals surface area contributed by atoms with Crippen molar-refractivity contribution in [3.05, 3.63) is 58.6 Å². The lowest BCUT2D eigenvalue weighted by molar-refractivity contribution is 0.883. The lowest BCUT2D eigenvalue weighted by Crippen LogP contribution is -2.09. The topological polar surface area (TPSA) is 38.0 Å². The van der Waals surface area contributed by atoms with Crippen LogP contribution in [-0.2, 0) is 0 Å². The molecule has 18 heavy (non-hydrogen) atoms. The summed E-state index contributed by atoms with van der Waals surface area (Å²) < 4.78 is 0. The van der Waals surface area contributed by atoms with Crippen molar-refractivity contribution in [2.75, 3.05) is 11.1 Å². The zero-order chi connectivity index (χ0) is 13.1. The Bertz CT molecular complexity index is 532. The van der Waals surface area contributed by atoms with Gasteiger partial charge in [0.1, 0.15) is 0 Å². The van der Waals surface area contributed by atoms with Crippen LogP contribution in [0.4, 0.5) is 11.4 Å². The third-order valence-corrected chi connectivity index (χ3v) is 3.25. The van der Waals surface area contributed by atoms with Gasteiger partial charge in [0, 0.05) is 11.1 Å². The molecule has 0 fully saturated rings. The summed E-state index contributed by atoms with van der Waals surface area (Å²) in [7, 11) is 0. The summed E-state index contributed by atoms with van der Waals surface area (Å²) in [6, 6.07) is 13.9. The van der Waals surface area contributed by atoms with E-state index in [9.17, 15) is 0 Å². The van der Waals surface area contributed by atoms with Crippen molar-refractivity contribution in [1.82, 2.24) is 0 Å². The van der Waals surface area contributed by atoms with Crippen LogP contribution in [0.2, 0.25) is 5.02 Å². The van der Waals surface area contributed by atoms with Crippen LogP contribution in [-0.4, -0.2) is 0 Å². The van der Waals surface area contributed by atoms with Crippen molar-refractivity contribution in [2.24, 2.45) is 0 Å². The average molecular weight is 261 g/mol. The maximum Gasteiger partial charge on any atom is 0.0608 e. The molecular weight excluding hydrogens is 244 g/mol. The molecule has 0 spiro atoms. The first-order valence-corrected chi connectivity index (χ1v) is 6.33. The van der Waals surface area contributed by atoms with Gasteiger partial charge in [-0.25, -0.2) is 0 Å². The van der Waals surface area contributed by atoms with Gasteiger partial charge in [-0.3, -0.25) is 0 Å². The molecule has 1 atom stereocenters. The monoisotopic (exact) mass is 260 g/mol. The third kappa shape index (κ3) is 2.77. The first-order chi connectivity index (χ1) is 8.58. The molecule has 0 amide bonds. The average Bonchev–Trinajstić information content (AvgIpc) is 2.34. The molecule has 0 radical (unpaired) electrons. The van der Waals surface area contributed by atoms with E-state index in [4.69, 9.17) is 17.3 Å². The van der Waals surface area contributed by atoms with Gasteiger partial charge in [0.25, 0.3) is 0 Å². The van der Waals surface area contributed by atoms with E-state index in [0.29, 0.717) is 0 Å². The number of benzene rings is 2. The highest BCUT2D eigenvalue weighted by atomic mass is 35.5. The van der Waals surface area contributed by atoms with Crippen LogP contribution in [0.25, 0.3) is 0 Å². The van der Waals surface area contributed by atoms with E-state index >= 15 is 0 Å². The zero-order valence-electron chi connectivity index (χ0n) is 10.6. The van der Waals surface area contributed by atoms with E-state index < -0.39 is 0 Å². The van der Waals surface area contributed by atoms with Crippen LogP contribution in [0.3, 0.4) is 0 Å². The van der Waals surface area contributed by atoms with Crippen LogP contribution in [0.1, 0.15) is 24.1 Å². The van der Waals surface area contributed by atoms with Gasteiger partial charge in [0.15, 0.2) is 0 Å².